The van der Waals surface area contributed by atoms with Gasteiger partial charge in [0.1, 0.15) is 5.15 Å². The van der Waals surface area contributed by atoms with E-state index in [0.717, 1.165) is 11.1 Å². The molecule has 3 rings (SSSR count). The summed E-state index contributed by atoms with van der Waals surface area (Å²) in [6, 6.07) is 6.75. The number of benzene rings is 1. The third kappa shape index (κ3) is 2.70. The van der Waals surface area contributed by atoms with Gasteiger partial charge in [-0.1, -0.05) is 62.4 Å². The lowest BCUT2D eigenvalue weighted by Crippen LogP contribution is -2.40. The highest BCUT2D eigenvalue weighted by Gasteiger charge is 2.23. The second-order valence-corrected chi connectivity index (χ2v) is 13.8. The number of hydrogen-bond acceptors (Lipinski definition) is 2. The van der Waals surface area contributed by atoms with E-state index in [-0.39, 0.29) is 0 Å². The SMILES string of the molecule is CC(C)Cc1c([Si](C)(C)C)ccc2c1sc1c(Cl)nccc12. The van der Waals surface area contributed by atoms with E-state index in [1.807, 2.05) is 17.5 Å². The monoisotopic (exact) mass is 347 g/mol. The molecule has 0 N–H and O–H groups in total. The van der Waals surface area contributed by atoms with Crippen molar-refractivity contribution in [1.82, 2.24) is 4.98 Å². The first-order chi connectivity index (χ1) is 10.3. The minimum absolute atomic E-state index is 0.628. The molecule has 0 amide bonds. The van der Waals surface area contributed by atoms with Crippen molar-refractivity contribution in [3.63, 3.8) is 0 Å². The van der Waals surface area contributed by atoms with E-state index < -0.39 is 8.07 Å². The van der Waals surface area contributed by atoms with Gasteiger partial charge in [-0.3, -0.25) is 0 Å². The van der Waals surface area contributed by atoms with E-state index in [1.54, 1.807) is 10.8 Å². The summed E-state index contributed by atoms with van der Waals surface area (Å²) in [6.45, 7) is 11.9. The van der Waals surface area contributed by atoms with Gasteiger partial charge < -0.3 is 0 Å². The number of pyridine rings is 1. The average molecular weight is 348 g/mol. The Hall–Kier alpha value is -0.903. The highest BCUT2D eigenvalue weighted by atomic mass is 35.5. The van der Waals surface area contributed by atoms with Crippen molar-refractivity contribution < 1.29 is 0 Å². The first-order valence-corrected chi connectivity index (χ1v) is 12.5. The summed E-state index contributed by atoms with van der Waals surface area (Å²) in [7, 11) is -1.37. The second kappa shape index (κ2) is 5.62. The lowest BCUT2D eigenvalue weighted by atomic mass is 10.0. The lowest BCUT2D eigenvalue weighted by Gasteiger charge is -2.22. The maximum atomic E-state index is 6.32. The van der Waals surface area contributed by atoms with Gasteiger partial charge >= 0.3 is 0 Å². The normalized spacial score (nSPS) is 12.7. The molecule has 1 nitrogen and oxygen atoms in total. The second-order valence-electron chi connectivity index (χ2n) is 7.40. The van der Waals surface area contributed by atoms with Gasteiger partial charge in [-0.25, -0.2) is 4.98 Å². The van der Waals surface area contributed by atoms with Crippen molar-refractivity contribution in [3.8, 4) is 0 Å². The molecule has 116 valence electrons. The summed E-state index contributed by atoms with van der Waals surface area (Å²) < 4.78 is 2.54. The van der Waals surface area contributed by atoms with Gasteiger partial charge in [-0.05, 0) is 24.0 Å². The molecule has 0 fully saturated rings. The molecule has 0 saturated carbocycles. The van der Waals surface area contributed by atoms with Crippen LogP contribution in [-0.4, -0.2) is 13.1 Å². The van der Waals surface area contributed by atoms with Crippen LogP contribution in [0.15, 0.2) is 24.4 Å². The Bertz CT molecular complexity index is 846. The molecule has 0 saturated heterocycles. The molecule has 3 aromatic rings. The Morgan fingerprint density at radius 2 is 1.77 bits per heavy atom. The van der Waals surface area contributed by atoms with E-state index in [4.69, 9.17) is 11.6 Å². The molecule has 0 aliphatic rings. The number of fused-ring (bicyclic) bond motifs is 3. The first-order valence-electron chi connectivity index (χ1n) is 7.78. The van der Waals surface area contributed by atoms with Crippen LogP contribution in [0, 0.1) is 5.92 Å². The van der Waals surface area contributed by atoms with Crippen LogP contribution in [0.1, 0.15) is 19.4 Å². The van der Waals surface area contributed by atoms with E-state index in [0.29, 0.717) is 11.1 Å². The molecule has 0 radical (unpaired) electrons. The summed E-state index contributed by atoms with van der Waals surface area (Å²) in [4.78, 5) is 4.25. The smallest absolute Gasteiger partial charge is 0.146 e. The maximum absolute atomic E-state index is 6.32. The number of halogens is 1. The number of aromatic nitrogens is 1. The molecule has 1 aromatic carbocycles. The molecule has 0 aliphatic carbocycles. The van der Waals surface area contributed by atoms with Crippen molar-refractivity contribution in [2.75, 3.05) is 0 Å². The highest BCUT2D eigenvalue weighted by molar-refractivity contribution is 7.26. The maximum Gasteiger partial charge on any atom is 0.146 e. The van der Waals surface area contributed by atoms with Gasteiger partial charge in [0.05, 0.1) is 12.8 Å². The molecular formula is C18H22ClNSSi. The van der Waals surface area contributed by atoms with Gasteiger partial charge in [-0.2, -0.15) is 0 Å². The Morgan fingerprint density at radius 1 is 1.09 bits per heavy atom. The fraction of sp³-hybridized carbons (Fsp3) is 0.389. The quantitative estimate of drug-likeness (QED) is 0.428. The third-order valence-electron chi connectivity index (χ3n) is 4.04. The number of rotatable bonds is 3. The predicted molar refractivity (Wildman–Crippen MR) is 104 cm³/mol. The molecule has 2 heterocycles. The highest BCUT2D eigenvalue weighted by Crippen LogP contribution is 2.39. The van der Waals surface area contributed by atoms with Gasteiger partial charge in [0, 0.05) is 21.7 Å². The number of nitrogens with zero attached hydrogens (tertiary/aromatic N) is 1. The molecule has 2 aromatic heterocycles. The Labute approximate surface area is 142 Å². The number of hydrogen-bond donors (Lipinski definition) is 0. The zero-order valence-electron chi connectivity index (χ0n) is 13.8. The lowest BCUT2D eigenvalue weighted by molar-refractivity contribution is 0.652. The molecular weight excluding hydrogens is 326 g/mol. The van der Waals surface area contributed by atoms with Crippen LogP contribution in [0.5, 0.6) is 0 Å². The van der Waals surface area contributed by atoms with E-state index in [2.05, 4.69) is 56.7 Å². The van der Waals surface area contributed by atoms with Crippen molar-refractivity contribution in [3.05, 3.63) is 35.1 Å². The molecule has 0 aliphatic heterocycles. The molecule has 0 spiro atoms. The average Bonchev–Trinajstić information content (AvgIpc) is 2.78. The minimum Gasteiger partial charge on any atom is -0.243 e. The summed E-state index contributed by atoms with van der Waals surface area (Å²) in [5, 5.41) is 4.79. The topological polar surface area (TPSA) is 12.9 Å². The van der Waals surface area contributed by atoms with Crippen LogP contribution in [0.2, 0.25) is 24.8 Å². The van der Waals surface area contributed by atoms with E-state index in [1.165, 1.54) is 15.5 Å². The van der Waals surface area contributed by atoms with Crippen LogP contribution in [-0.2, 0) is 6.42 Å². The Balaban J connectivity index is 2.41. The van der Waals surface area contributed by atoms with Crippen molar-refractivity contribution in [2.24, 2.45) is 5.92 Å². The molecule has 0 bridgehead atoms. The van der Waals surface area contributed by atoms with Gasteiger partial charge in [-0.15, -0.1) is 11.3 Å². The number of thiophene rings is 1. The van der Waals surface area contributed by atoms with Crippen LogP contribution >= 0.6 is 22.9 Å². The Kier molecular flexibility index (Phi) is 4.08. The van der Waals surface area contributed by atoms with Gasteiger partial charge in [0.15, 0.2) is 0 Å². The molecule has 22 heavy (non-hydrogen) atoms. The van der Waals surface area contributed by atoms with Crippen LogP contribution in [0.4, 0.5) is 0 Å². The van der Waals surface area contributed by atoms with Gasteiger partial charge in [0.25, 0.3) is 0 Å². The fourth-order valence-electron chi connectivity index (χ4n) is 3.10. The Morgan fingerprint density at radius 3 is 2.41 bits per heavy atom. The van der Waals surface area contributed by atoms with Crippen LogP contribution in [0.3, 0.4) is 0 Å². The van der Waals surface area contributed by atoms with E-state index >= 15 is 0 Å². The fourth-order valence-corrected chi connectivity index (χ4v) is 6.42. The summed E-state index contributed by atoms with van der Waals surface area (Å²) in [5.41, 5.74) is 1.55. The molecule has 4 heteroatoms. The van der Waals surface area contributed by atoms with Gasteiger partial charge in [0.2, 0.25) is 0 Å². The first kappa shape index (κ1) is 16.0. The van der Waals surface area contributed by atoms with Crippen LogP contribution < -0.4 is 5.19 Å². The van der Waals surface area contributed by atoms with Crippen molar-refractivity contribution in [2.45, 2.75) is 39.9 Å². The molecule has 0 atom stereocenters. The van der Waals surface area contributed by atoms with Crippen molar-refractivity contribution >= 4 is 56.4 Å². The zero-order valence-corrected chi connectivity index (χ0v) is 16.4. The van der Waals surface area contributed by atoms with E-state index in [9.17, 15) is 0 Å². The van der Waals surface area contributed by atoms with Crippen LogP contribution in [0.25, 0.3) is 20.2 Å². The predicted octanol–water partition coefficient (Wildman–Crippen LogP) is 5.85. The molecule has 0 unspecified atom stereocenters. The summed E-state index contributed by atoms with van der Waals surface area (Å²) in [5.74, 6) is 0.652. The third-order valence-corrected chi connectivity index (χ3v) is 7.81. The zero-order chi connectivity index (χ0) is 16.1. The summed E-state index contributed by atoms with van der Waals surface area (Å²) >= 11 is 8.14. The summed E-state index contributed by atoms with van der Waals surface area (Å²) in [6.07, 6.45) is 2.94. The minimum atomic E-state index is -1.37. The largest absolute Gasteiger partial charge is 0.243 e. The standard InChI is InChI=1S/C18H22ClNSSi/c1-11(2)10-14-15(22(3,4)5)7-6-12-13-8-9-20-18(19)17(13)21-16(12)14/h6-9,11H,10H2,1-5H3. The van der Waals surface area contributed by atoms with Crippen molar-refractivity contribution in [1.29, 1.82) is 0 Å².